The topological polar surface area (TPSA) is 17.1 Å². The van der Waals surface area contributed by atoms with Crippen molar-refractivity contribution in [3.63, 3.8) is 0 Å². The summed E-state index contributed by atoms with van der Waals surface area (Å²) in [6.07, 6.45) is 5.68. The van der Waals surface area contributed by atoms with Gasteiger partial charge in [0.2, 0.25) is 0 Å². The van der Waals surface area contributed by atoms with Gasteiger partial charge < -0.3 is 0 Å². The molecule has 0 aliphatic rings. The predicted molar refractivity (Wildman–Crippen MR) is 52.1 cm³/mol. The first-order chi connectivity index (χ1) is 5.16. The van der Waals surface area contributed by atoms with Crippen LogP contribution in [0.15, 0.2) is 12.2 Å². The Bertz CT molecular complexity index is 140. The Morgan fingerprint density at radius 1 is 1.64 bits per heavy atom. The van der Waals surface area contributed by atoms with Crippen molar-refractivity contribution in [2.24, 2.45) is 5.92 Å². The molecule has 0 bridgehead atoms. The lowest BCUT2D eigenvalue weighted by atomic mass is 10.1. The van der Waals surface area contributed by atoms with Gasteiger partial charge in [0, 0.05) is 0 Å². The molecule has 0 aromatic heterocycles. The lowest BCUT2D eigenvalue weighted by Crippen LogP contribution is -1.93. The van der Waals surface area contributed by atoms with E-state index in [0.717, 1.165) is 18.6 Å². The molecule has 1 atom stereocenters. The third-order valence-corrected chi connectivity index (χ3v) is 1.77. The highest BCUT2D eigenvalue weighted by atomic mass is 32.1. The van der Waals surface area contributed by atoms with E-state index in [1.165, 1.54) is 0 Å². The molecule has 0 heterocycles. The van der Waals surface area contributed by atoms with Crippen LogP contribution in [0.3, 0.4) is 0 Å². The number of hydrogen-bond donors (Lipinski definition) is 1. The molecule has 0 amide bonds. The number of rotatable bonds is 5. The average Bonchev–Trinajstić information content (AvgIpc) is 1.87. The maximum atomic E-state index is 10.5. The molecule has 11 heavy (non-hydrogen) atoms. The highest BCUT2D eigenvalue weighted by Crippen LogP contribution is 2.08. The van der Waals surface area contributed by atoms with E-state index in [9.17, 15) is 4.79 Å². The second-order valence-electron chi connectivity index (χ2n) is 2.87. The quantitative estimate of drug-likeness (QED) is 0.498. The van der Waals surface area contributed by atoms with E-state index in [1.54, 1.807) is 13.0 Å². The average molecular weight is 172 g/mol. The summed E-state index contributed by atoms with van der Waals surface area (Å²) in [5.41, 5.74) is 0. The molecule has 0 saturated heterocycles. The van der Waals surface area contributed by atoms with Gasteiger partial charge in [-0.3, -0.25) is 4.79 Å². The second kappa shape index (κ2) is 6.47. The molecule has 1 unspecified atom stereocenters. The first-order valence-electron chi connectivity index (χ1n) is 3.94. The Morgan fingerprint density at radius 2 is 2.27 bits per heavy atom. The zero-order chi connectivity index (χ0) is 8.69. The van der Waals surface area contributed by atoms with Crippen molar-refractivity contribution in [3.8, 4) is 0 Å². The molecule has 1 nitrogen and oxygen atoms in total. The summed E-state index contributed by atoms with van der Waals surface area (Å²) in [5.74, 6) is 1.70. The van der Waals surface area contributed by atoms with E-state index in [-0.39, 0.29) is 5.78 Å². The van der Waals surface area contributed by atoms with Gasteiger partial charge in [0.15, 0.2) is 5.78 Å². The van der Waals surface area contributed by atoms with Gasteiger partial charge in [-0.05, 0) is 37.5 Å². The fraction of sp³-hybridized carbons (Fsp3) is 0.667. The first-order valence-corrected chi connectivity index (χ1v) is 4.58. The molecule has 64 valence electrons. The van der Waals surface area contributed by atoms with Gasteiger partial charge in [-0.15, -0.1) is 0 Å². The summed E-state index contributed by atoms with van der Waals surface area (Å²) in [7, 11) is 0. The lowest BCUT2D eigenvalue weighted by molar-refractivity contribution is -0.112. The molecule has 0 saturated carbocycles. The van der Waals surface area contributed by atoms with Crippen LogP contribution in [-0.4, -0.2) is 11.5 Å². The zero-order valence-corrected chi connectivity index (χ0v) is 8.10. The number of allylic oxidation sites excluding steroid dienone is 2. The van der Waals surface area contributed by atoms with Gasteiger partial charge in [-0.25, -0.2) is 0 Å². The molecule has 0 aliphatic carbocycles. The summed E-state index contributed by atoms with van der Waals surface area (Å²) in [4.78, 5) is 10.5. The Hall–Kier alpha value is -0.240. The standard InChI is InChI=1S/C9H16OS/c1-8(6-7-11)4-3-5-9(2)10/h3,5,8,11H,4,6-7H2,1-2H3. The van der Waals surface area contributed by atoms with Crippen LogP contribution in [0, 0.1) is 5.92 Å². The second-order valence-corrected chi connectivity index (χ2v) is 3.31. The molecule has 0 aliphatic heterocycles. The first kappa shape index (κ1) is 10.8. The number of ketones is 1. The van der Waals surface area contributed by atoms with Crippen molar-refractivity contribution in [1.82, 2.24) is 0 Å². The SMILES string of the molecule is CC(=O)C=CCC(C)CCS. The molecular weight excluding hydrogens is 156 g/mol. The molecule has 0 rings (SSSR count). The van der Waals surface area contributed by atoms with Crippen molar-refractivity contribution in [3.05, 3.63) is 12.2 Å². The Morgan fingerprint density at radius 3 is 2.73 bits per heavy atom. The van der Waals surface area contributed by atoms with E-state index in [0.29, 0.717) is 5.92 Å². The summed E-state index contributed by atoms with van der Waals surface area (Å²) in [6, 6.07) is 0. The van der Waals surface area contributed by atoms with Gasteiger partial charge >= 0.3 is 0 Å². The molecule has 0 spiro atoms. The molecule has 0 fully saturated rings. The van der Waals surface area contributed by atoms with Crippen LogP contribution in [0.25, 0.3) is 0 Å². The van der Waals surface area contributed by atoms with Gasteiger partial charge in [-0.2, -0.15) is 12.6 Å². The zero-order valence-electron chi connectivity index (χ0n) is 7.21. The van der Waals surface area contributed by atoms with E-state index in [4.69, 9.17) is 0 Å². The van der Waals surface area contributed by atoms with E-state index in [2.05, 4.69) is 19.6 Å². The molecule has 0 aromatic carbocycles. The largest absolute Gasteiger partial charge is 0.295 e. The molecule has 0 N–H and O–H groups in total. The van der Waals surface area contributed by atoms with Crippen LogP contribution < -0.4 is 0 Å². The normalized spacial score (nSPS) is 13.7. The molecular formula is C9H16OS. The predicted octanol–water partition coefficient (Wildman–Crippen LogP) is 2.48. The molecule has 0 radical (unpaired) electrons. The molecule has 2 heteroatoms. The van der Waals surface area contributed by atoms with Gasteiger partial charge in [0.05, 0.1) is 0 Å². The lowest BCUT2D eigenvalue weighted by Gasteiger charge is -2.03. The summed E-state index contributed by atoms with van der Waals surface area (Å²) < 4.78 is 0. The molecule has 0 aromatic rings. The third-order valence-electron chi connectivity index (χ3n) is 1.51. The Labute approximate surface area is 74.3 Å². The van der Waals surface area contributed by atoms with Crippen molar-refractivity contribution in [1.29, 1.82) is 0 Å². The monoisotopic (exact) mass is 172 g/mol. The summed E-state index contributed by atoms with van der Waals surface area (Å²) in [5, 5.41) is 0. The number of thiol groups is 1. The Balaban J connectivity index is 3.44. The number of carbonyl (C=O) groups excluding carboxylic acids is 1. The van der Waals surface area contributed by atoms with E-state index >= 15 is 0 Å². The van der Waals surface area contributed by atoms with Crippen molar-refractivity contribution >= 4 is 18.4 Å². The van der Waals surface area contributed by atoms with Crippen LogP contribution in [0.1, 0.15) is 26.7 Å². The van der Waals surface area contributed by atoms with Crippen LogP contribution in [0.2, 0.25) is 0 Å². The van der Waals surface area contributed by atoms with Crippen molar-refractivity contribution in [2.75, 3.05) is 5.75 Å². The smallest absolute Gasteiger partial charge is 0.152 e. The fourth-order valence-corrected chi connectivity index (χ4v) is 1.25. The van der Waals surface area contributed by atoms with Gasteiger partial charge in [-0.1, -0.05) is 13.0 Å². The minimum atomic E-state index is 0.128. The highest BCUT2D eigenvalue weighted by Gasteiger charge is 1.96. The van der Waals surface area contributed by atoms with Crippen molar-refractivity contribution < 1.29 is 4.79 Å². The minimum Gasteiger partial charge on any atom is -0.295 e. The van der Waals surface area contributed by atoms with Gasteiger partial charge in [0.25, 0.3) is 0 Å². The minimum absolute atomic E-state index is 0.128. The maximum Gasteiger partial charge on any atom is 0.152 e. The van der Waals surface area contributed by atoms with Crippen LogP contribution in [0.4, 0.5) is 0 Å². The van der Waals surface area contributed by atoms with Crippen molar-refractivity contribution in [2.45, 2.75) is 26.7 Å². The third kappa shape index (κ3) is 7.66. The fourth-order valence-electron chi connectivity index (χ4n) is 0.805. The van der Waals surface area contributed by atoms with Gasteiger partial charge in [0.1, 0.15) is 0 Å². The number of carbonyl (C=O) groups is 1. The summed E-state index contributed by atoms with van der Waals surface area (Å²) in [6.45, 7) is 3.74. The summed E-state index contributed by atoms with van der Waals surface area (Å²) >= 11 is 4.13. The Kier molecular flexibility index (Phi) is 6.33. The van der Waals surface area contributed by atoms with Crippen LogP contribution in [0.5, 0.6) is 0 Å². The number of hydrogen-bond acceptors (Lipinski definition) is 2. The van der Waals surface area contributed by atoms with E-state index in [1.807, 2.05) is 6.08 Å². The van der Waals surface area contributed by atoms with E-state index < -0.39 is 0 Å². The maximum absolute atomic E-state index is 10.5. The van der Waals surface area contributed by atoms with Crippen LogP contribution >= 0.6 is 12.6 Å². The van der Waals surface area contributed by atoms with Crippen LogP contribution in [-0.2, 0) is 4.79 Å². The highest BCUT2D eigenvalue weighted by molar-refractivity contribution is 7.80.